The molecule has 0 saturated carbocycles. The number of hydrogen-bond acceptors (Lipinski definition) is 1. The fraction of sp³-hybridized carbons (Fsp3) is 0.0370. The number of para-hydroxylation sites is 2. The Morgan fingerprint density at radius 3 is 2.21 bits per heavy atom. The largest absolute Gasteiger partial charge is 0.454 e. The van der Waals surface area contributed by atoms with E-state index >= 15 is 0 Å². The Hall–Kier alpha value is -3.78. The van der Waals surface area contributed by atoms with Crippen LogP contribution in [0.1, 0.15) is 0 Å². The summed E-state index contributed by atoms with van der Waals surface area (Å²) in [7, 11) is 2.14. The maximum absolute atomic E-state index is 6.51. The zero-order chi connectivity index (χ0) is 19.1. The summed E-state index contributed by atoms with van der Waals surface area (Å²) in [5.74, 6) is 0. The number of furan rings is 1. The summed E-state index contributed by atoms with van der Waals surface area (Å²) in [6.07, 6.45) is 0. The van der Waals surface area contributed by atoms with Gasteiger partial charge in [-0.25, -0.2) is 0 Å². The van der Waals surface area contributed by atoms with E-state index in [9.17, 15) is 0 Å². The monoisotopic (exact) mass is 371 g/mol. The first-order valence-electron chi connectivity index (χ1n) is 9.95. The zero-order valence-electron chi connectivity index (χ0n) is 15.9. The fourth-order valence-electron chi connectivity index (χ4n) is 5.14. The van der Waals surface area contributed by atoms with E-state index in [-0.39, 0.29) is 0 Å². The second kappa shape index (κ2) is 5.18. The fourth-order valence-corrected chi connectivity index (χ4v) is 5.14. The topological polar surface area (TPSA) is 18.1 Å². The molecule has 0 aliphatic heterocycles. The Bertz CT molecular complexity index is 1760. The third kappa shape index (κ3) is 1.77. The molecule has 0 unspecified atom stereocenters. The first-order valence-corrected chi connectivity index (χ1v) is 9.95. The van der Waals surface area contributed by atoms with Crippen LogP contribution < -0.4 is 0 Å². The lowest BCUT2D eigenvalue weighted by Crippen LogP contribution is -1.88. The van der Waals surface area contributed by atoms with Crippen LogP contribution in [-0.2, 0) is 7.05 Å². The molecular weight excluding hydrogens is 354 g/mol. The highest BCUT2D eigenvalue weighted by molar-refractivity contribution is 6.38. The first-order chi connectivity index (χ1) is 14.3. The number of fused-ring (bicyclic) bond motifs is 12. The summed E-state index contributed by atoms with van der Waals surface area (Å²) >= 11 is 0. The van der Waals surface area contributed by atoms with Crippen molar-refractivity contribution in [2.45, 2.75) is 0 Å². The first kappa shape index (κ1) is 15.2. The second-order valence-electron chi connectivity index (χ2n) is 7.81. The quantitative estimate of drug-likeness (QED) is 0.252. The van der Waals surface area contributed by atoms with Gasteiger partial charge in [-0.15, -0.1) is 0 Å². The van der Waals surface area contributed by atoms with Crippen molar-refractivity contribution >= 4 is 65.3 Å². The molecular formula is C27H17NO. The highest BCUT2D eigenvalue weighted by atomic mass is 16.3. The third-order valence-corrected chi connectivity index (χ3v) is 6.37. The van der Waals surface area contributed by atoms with Gasteiger partial charge in [0.2, 0.25) is 0 Å². The zero-order valence-corrected chi connectivity index (χ0v) is 15.9. The van der Waals surface area contributed by atoms with Crippen molar-refractivity contribution in [1.82, 2.24) is 4.57 Å². The Morgan fingerprint density at radius 1 is 0.586 bits per heavy atom. The summed E-state index contributed by atoms with van der Waals surface area (Å²) in [5, 5.41) is 10.0. The normalized spacial score (nSPS) is 12.3. The van der Waals surface area contributed by atoms with Crippen LogP contribution in [0.4, 0.5) is 0 Å². The van der Waals surface area contributed by atoms with Gasteiger partial charge in [0.1, 0.15) is 5.58 Å². The molecule has 0 aliphatic rings. The second-order valence-corrected chi connectivity index (χ2v) is 7.81. The molecule has 29 heavy (non-hydrogen) atoms. The maximum atomic E-state index is 6.51. The smallest absolute Gasteiger partial charge is 0.160 e. The van der Waals surface area contributed by atoms with Crippen molar-refractivity contribution in [2.24, 2.45) is 7.05 Å². The van der Waals surface area contributed by atoms with E-state index in [1.807, 2.05) is 6.07 Å². The van der Waals surface area contributed by atoms with Crippen LogP contribution in [0.25, 0.3) is 65.3 Å². The number of aryl methyl sites for hydroxylation is 1. The van der Waals surface area contributed by atoms with Crippen LogP contribution >= 0.6 is 0 Å². The van der Waals surface area contributed by atoms with Gasteiger partial charge >= 0.3 is 0 Å². The molecule has 2 nitrogen and oxygen atoms in total. The lowest BCUT2D eigenvalue weighted by Gasteiger charge is -2.09. The highest BCUT2D eigenvalue weighted by Gasteiger charge is 2.21. The van der Waals surface area contributed by atoms with Crippen molar-refractivity contribution in [3.8, 4) is 0 Å². The van der Waals surface area contributed by atoms with Gasteiger partial charge in [-0.1, -0.05) is 72.8 Å². The Balaban J connectivity index is 1.97. The highest BCUT2D eigenvalue weighted by Crippen LogP contribution is 2.46. The van der Waals surface area contributed by atoms with E-state index in [0.29, 0.717) is 0 Å². The molecule has 7 aromatic rings. The molecule has 2 heteroatoms. The molecule has 5 aromatic carbocycles. The van der Waals surface area contributed by atoms with Crippen molar-refractivity contribution in [3.05, 3.63) is 84.9 Å². The van der Waals surface area contributed by atoms with Gasteiger partial charge in [0.15, 0.2) is 5.58 Å². The van der Waals surface area contributed by atoms with Crippen LogP contribution in [0.2, 0.25) is 0 Å². The van der Waals surface area contributed by atoms with Crippen molar-refractivity contribution < 1.29 is 4.42 Å². The predicted octanol–water partition coefficient (Wildman–Crippen LogP) is 7.54. The molecule has 7 rings (SSSR count). The molecule has 0 radical (unpaired) electrons. The van der Waals surface area contributed by atoms with E-state index in [1.54, 1.807) is 0 Å². The van der Waals surface area contributed by atoms with Gasteiger partial charge in [0.05, 0.1) is 5.52 Å². The third-order valence-electron chi connectivity index (χ3n) is 6.37. The van der Waals surface area contributed by atoms with E-state index < -0.39 is 0 Å². The average molecular weight is 371 g/mol. The number of nitrogens with zero attached hydrogens (tertiary/aromatic N) is 1. The van der Waals surface area contributed by atoms with Gasteiger partial charge in [0.25, 0.3) is 0 Å². The summed E-state index contributed by atoms with van der Waals surface area (Å²) in [6, 6.07) is 30.2. The molecule has 0 fully saturated rings. The van der Waals surface area contributed by atoms with Gasteiger partial charge < -0.3 is 8.98 Å². The van der Waals surface area contributed by atoms with E-state index in [0.717, 1.165) is 11.2 Å². The standard InChI is InChI=1S/C27H17NO/c1-28-21-12-6-4-10-18(21)24-20-15-14-16-8-2-3-9-17(16)23(20)25-19-11-5-7-13-22(19)29-27(25)26(24)28/h2-15H,1H3. The van der Waals surface area contributed by atoms with Crippen molar-refractivity contribution in [1.29, 1.82) is 0 Å². The van der Waals surface area contributed by atoms with Gasteiger partial charge in [-0.2, -0.15) is 0 Å². The minimum atomic E-state index is 0.939. The molecule has 2 heterocycles. The molecule has 0 amide bonds. The van der Waals surface area contributed by atoms with Crippen LogP contribution in [0.5, 0.6) is 0 Å². The van der Waals surface area contributed by atoms with Crippen LogP contribution in [0.3, 0.4) is 0 Å². The Labute approximate surface area is 166 Å². The van der Waals surface area contributed by atoms with Crippen LogP contribution in [-0.4, -0.2) is 4.57 Å². The van der Waals surface area contributed by atoms with E-state index in [1.165, 1.54) is 54.1 Å². The van der Waals surface area contributed by atoms with Gasteiger partial charge in [-0.3, -0.25) is 0 Å². The predicted molar refractivity (Wildman–Crippen MR) is 123 cm³/mol. The van der Waals surface area contributed by atoms with Crippen LogP contribution in [0.15, 0.2) is 89.3 Å². The molecule has 0 bridgehead atoms. The lowest BCUT2D eigenvalue weighted by molar-refractivity contribution is 0.670. The maximum Gasteiger partial charge on any atom is 0.160 e. The molecule has 0 spiro atoms. The number of benzene rings is 5. The summed E-state index contributed by atoms with van der Waals surface area (Å²) in [5.41, 5.74) is 4.31. The molecule has 0 N–H and O–H groups in total. The lowest BCUT2D eigenvalue weighted by atomic mass is 9.94. The minimum Gasteiger partial charge on any atom is -0.454 e. The average Bonchev–Trinajstić information content (AvgIpc) is 3.30. The molecule has 0 atom stereocenters. The van der Waals surface area contributed by atoms with Gasteiger partial charge in [-0.05, 0) is 28.3 Å². The van der Waals surface area contributed by atoms with Crippen molar-refractivity contribution in [3.63, 3.8) is 0 Å². The molecule has 136 valence electrons. The number of aromatic nitrogens is 1. The Morgan fingerprint density at radius 2 is 1.31 bits per heavy atom. The summed E-state index contributed by atoms with van der Waals surface area (Å²) < 4.78 is 8.79. The van der Waals surface area contributed by atoms with Crippen LogP contribution in [0, 0.1) is 0 Å². The molecule has 0 aliphatic carbocycles. The van der Waals surface area contributed by atoms with E-state index in [4.69, 9.17) is 4.42 Å². The van der Waals surface area contributed by atoms with Gasteiger partial charge in [0, 0.05) is 39.5 Å². The summed E-state index contributed by atoms with van der Waals surface area (Å²) in [4.78, 5) is 0. The van der Waals surface area contributed by atoms with E-state index in [2.05, 4.69) is 90.5 Å². The number of hydrogen-bond donors (Lipinski definition) is 0. The molecule has 0 saturated heterocycles. The van der Waals surface area contributed by atoms with Crippen molar-refractivity contribution in [2.75, 3.05) is 0 Å². The minimum absolute atomic E-state index is 0.939. The molecule has 2 aromatic heterocycles. The number of rotatable bonds is 0. The SMILES string of the molecule is Cn1c2ccccc2c2c3ccc4ccccc4c3c3c4ccccc4oc3c21. The summed E-state index contributed by atoms with van der Waals surface area (Å²) in [6.45, 7) is 0. The Kier molecular flexibility index (Phi) is 2.71.